The molecule has 0 saturated carbocycles. The van der Waals surface area contributed by atoms with Crippen LogP contribution in [0.15, 0.2) is 4.42 Å². The summed E-state index contributed by atoms with van der Waals surface area (Å²) in [6.45, 7) is 3.36. The number of nitrogens with zero attached hydrogens (tertiary/aromatic N) is 2. The van der Waals surface area contributed by atoms with Gasteiger partial charge in [0.1, 0.15) is 5.38 Å². The molecule has 0 bridgehead atoms. The number of methoxy groups -OCH3 is 1. The van der Waals surface area contributed by atoms with E-state index < -0.39 is 0 Å². The molecule has 1 rings (SSSR count). The van der Waals surface area contributed by atoms with Crippen molar-refractivity contribution in [3.8, 4) is 0 Å². The van der Waals surface area contributed by atoms with Gasteiger partial charge in [0, 0.05) is 20.3 Å². The number of rotatable bonds is 7. The first-order chi connectivity index (χ1) is 7.24. The number of ether oxygens (including phenoxy) is 1. The third-order valence-electron chi connectivity index (χ3n) is 1.83. The molecule has 1 aromatic heterocycles. The molecule has 0 amide bonds. The molecular weight excluding hydrogens is 218 g/mol. The van der Waals surface area contributed by atoms with E-state index in [-0.39, 0.29) is 5.38 Å². The molecular formula is C9H16ClN3O2. The van der Waals surface area contributed by atoms with Crippen molar-refractivity contribution in [3.05, 3.63) is 5.89 Å². The Labute approximate surface area is 94.2 Å². The number of alkyl halides is 1. The lowest BCUT2D eigenvalue weighted by molar-refractivity contribution is 0.193. The highest BCUT2D eigenvalue weighted by atomic mass is 35.5. The van der Waals surface area contributed by atoms with Crippen LogP contribution in [-0.2, 0) is 4.74 Å². The second-order valence-corrected chi connectivity index (χ2v) is 3.84. The normalized spacial score (nSPS) is 12.7. The Hall–Kier alpha value is -0.810. The Morgan fingerprint density at radius 2 is 2.27 bits per heavy atom. The molecule has 0 radical (unpaired) electrons. The van der Waals surface area contributed by atoms with Crippen molar-refractivity contribution < 1.29 is 9.15 Å². The van der Waals surface area contributed by atoms with Crippen LogP contribution in [0.4, 0.5) is 6.01 Å². The molecule has 15 heavy (non-hydrogen) atoms. The Balaban J connectivity index is 2.20. The zero-order chi connectivity index (χ0) is 11.1. The highest BCUT2D eigenvalue weighted by molar-refractivity contribution is 6.20. The van der Waals surface area contributed by atoms with Gasteiger partial charge in [0.05, 0.1) is 0 Å². The average molecular weight is 234 g/mol. The highest BCUT2D eigenvalue weighted by Gasteiger charge is 2.09. The molecule has 0 saturated heterocycles. The van der Waals surface area contributed by atoms with Gasteiger partial charge < -0.3 is 14.5 Å². The van der Waals surface area contributed by atoms with Crippen molar-refractivity contribution in [2.45, 2.75) is 25.1 Å². The summed E-state index contributed by atoms with van der Waals surface area (Å²) >= 11 is 5.78. The lowest BCUT2D eigenvalue weighted by Crippen LogP contribution is -2.03. The van der Waals surface area contributed by atoms with Gasteiger partial charge >= 0.3 is 6.01 Å². The van der Waals surface area contributed by atoms with E-state index in [0.29, 0.717) is 11.9 Å². The number of anilines is 1. The summed E-state index contributed by atoms with van der Waals surface area (Å²) in [7, 11) is 1.69. The second-order valence-electron chi connectivity index (χ2n) is 3.19. The number of aromatic nitrogens is 2. The van der Waals surface area contributed by atoms with Crippen LogP contribution in [0.3, 0.4) is 0 Å². The minimum Gasteiger partial charge on any atom is -0.407 e. The first kappa shape index (κ1) is 12.3. The van der Waals surface area contributed by atoms with E-state index >= 15 is 0 Å². The maximum Gasteiger partial charge on any atom is 0.315 e. The fourth-order valence-electron chi connectivity index (χ4n) is 1.03. The molecule has 5 nitrogen and oxygen atoms in total. The SMILES string of the molecule is COCCCCNc1nnc(C(C)Cl)o1. The topological polar surface area (TPSA) is 60.2 Å². The second kappa shape index (κ2) is 6.63. The largest absolute Gasteiger partial charge is 0.407 e. The van der Waals surface area contributed by atoms with Gasteiger partial charge in [-0.2, -0.15) is 0 Å². The minimum absolute atomic E-state index is 0.249. The fourth-order valence-corrected chi connectivity index (χ4v) is 1.12. The van der Waals surface area contributed by atoms with Crippen LogP contribution in [0.2, 0.25) is 0 Å². The van der Waals surface area contributed by atoms with Crippen molar-refractivity contribution in [3.63, 3.8) is 0 Å². The number of unbranched alkanes of at least 4 members (excludes halogenated alkanes) is 1. The van der Waals surface area contributed by atoms with Gasteiger partial charge in [0.25, 0.3) is 0 Å². The van der Waals surface area contributed by atoms with Gasteiger partial charge in [-0.3, -0.25) is 0 Å². The maximum absolute atomic E-state index is 5.78. The van der Waals surface area contributed by atoms with Crippen molar-refractivity contribution in [2.24, 2.45) is 0 Å². The standard InChI is InChI=1S/C9H16ClN3O2/c1-7(10)8-12-13-9(15-8)11-5-3-4-6-14-2/h7H,3-6H2,1-2H3,(H,11,13). The molecule has 0 aromatic carbocycles. The zero-order valence-corrected chi connectivity index (χ0v) is 9.75. The van der Waals surface area contributed by atoms with Crippen molar-refractivity contribution in [1.82, 2.24) is 10.2 Å². The summed E-state index contributed by atoms with van der Waals surface area (Å²) < 4.78 is 10.2. The molecule has 6 heteroatoms. The van der Waals surface area contributed by atoms with Crippen molar-refractivity contribution in [2.75, 3.05) is 25.6 Å². The Morgan fingerprint density at radius 1 is 1.47 bits per heavy atom. The van der Waals surface area contributed by atoms with Crippen LogP contribution >= 0.6 is 11.6 Å². The van der Waals surface area contributed by atoms with Gasteiger partial charge in [-0.15, -0.1) is 16.7 Å². The van der Waals surface area contributed by atoms with Gasteiger partial charge in [0.2, 0.25) is 5.89 Å². The molecule has 0 spiro atoms. The van der Waals surface area contributed by atoms with Crippen molar-refractivity contribution in [1.29, 1.82) is 0 Å². The van der Waals surface area contributed by atoms with Crippen LogP contribution in [-0.4, -0.2) is 30.5 Å². The van der Waals surface area contributed by atoms with Gasteiger partial charge in [-0.25, -0.2) is 0 Å². The molecule has 0 fully saturated rings. The van der Waals surface area contributed by atoms with Crippen LogP contribution in [0.25, 0.3) is 0 Å². The van der Waals surface area contributed by atoms with E-state index in [1.165, 1.54) is 0 Å². The van der Waals surface area contributed by atoms with E-state index in [0.717, 1.165) is 26.0 Å². The Morgan fingerprint density at radius 3 is 2.87 bits per heavy atom. The van der Waals surface area contributed by atoms with E-state index in [1.54, 1.807) is 14.0 Å². The van der Waals surface area contributed by atoms with Crippen LogP contribution in [0.1, 0.15) is 31.0 Å². The predicted octanol–water partition coefficient (Wildman–Crippen LogP) is 2.21. The van der Waals surface area contributed by atoms with Crippen molar-refractivity contribution >= 4 is 17.6 Å². The summed E-state index contributed by atoms with van der Waals surface area (Å²) in [5.74, 6) is 0.441. The molecule has 1 aromatic rings. The zero-order valence-electron chi connectivity index (χ0n) is 8.99. The number of hydrogen-bond acceptors (Lipinski definition) is 5. The summed E-state index contributed by atoms with van der Waals surface area (Å²) in [4.78, 5) is 0. The number of halogens is 1. The first-order valence-electron chi connectivity index (χ1n) is 4.94. The molecule has 0 aliphatic rings. The first-order valence-corrected chi connectivity index (χ1v) is 5.38. The lowest BCUT2D eigenvalue weighted by atomic mass is 10.3. The van der Waals surface area contributed by atoms with E-state index in [9.17, 15) is 0 Å². The van der Waals surface area contributed by atoms with Gasteiger partial charge in [-0.1, -0.05) is 5.10 Å². The molecule has 0 aliphatic heterocycles. The van der Waals surface area contributed by atoms with Crippen LogP contribution < -0.4 is 5.32 Å². The van der Waals surface area contributed by atoms with E-state index in [1.807, 2.05) is 0 Å². The summed E-state index contributed by atoms with van der Waals surface area (Å²) in [6.07, 6.45) is 2.01. The summed E-state index contributed by atoms with van der Waals surface area (Å²) in [5.41, 5.74) is 0. The molecule has 1 heterocycles. The molecule has 1 N–H and O–H groups in total. The third-order valence-corrected chi connectivity index (χ3v) is 2.02. The Kier molecular flexibility index (Phi) is 5.42. The highest BCUT2D eigenvalue weighted by Crippen LogP contribution is 2.18. The summed E-state index contributed by atoms with van der Waals surface area (Å²) in [6, 6.07) is 0.426. The molecule has 0 aliphatic carbocycles. The minimum atomic E-state index is -0.249. The average Bonchev–Trinajstić information content (AvgIpc) is 2.66. The van der Waals surface area contributed by atoms with E-state index in [4.69, 9.17) is 20.8 Å². The molecule has 1 atom stereocenters. The number of nitrogens with one attached hydrogen (secondary N) is 1. The molecule has 86 valence electrons. The lowest BCUT2D eigenvalue weighted by Gasteiger charge is -2.00. The quantitative estimate of drug-likeness (QED) is 0.578. The van der Waals surface area contributed by atoms with Gasteiger partial charge in [-0.05, 0) is 19.8 Å². The monoisotopic (exact) mass is 233 g/mol. The van der Waals surface area contributed by atoms with Gasteiger partial charge in [0.15, 0.2) is 0 Å². The molecule has 1 unspecified atom stereocenters. The summed E-state index contributed by atoms with van der Waals surface area (Å²) in [5, 5.41) is 10.4. The third kappa shape index (κ3) is 4.48. The number of hydrogen-bond donors (Lipinski definition) is 1. The Bertz CT molecular complexity index is 278. The van der Waals surface area contributed by atoms with Crippen LogP contribution in [0.5, 0.6) is 0 Å². The smallest absolute Gasteiger partial charge is 0.315 e. The fraction of sp³-hybridized carbons (Fsp3) is 0.778. The van der Waals surface area contributed by atoms with Crippen LogP contribution in [0, 0.1) is 0 Å². The maximum atomic E-state index is 5.78. The van der Waals surface area contributed by atoms with E-state index in [2.05, 4.69) is 15.5 Å². The predicted molar refractivity (Wildman–Crippen MR) is 58.2 cm³/mol.